The van der Waals surface area contributed by atoms with Gasteiger partial charge in [-0.1, -0.05) is 29.3 Å². The fourth-order valence-electron chi connectivity index (χ4n) is 2.00. The van der Waals surface area contributed by atoms with Crippen LogP contribution in [0.25, 0.3) is 0 Å². The number of rotatable bonds is 4. The summed E-state index contributed by atoms with van der Waals surface area (Å²) in [6, 6.07) is 10.6. The summed E-state index contributed by atoms with van der Waals surface area (Å²) in [5, 5.41) is 1.04. The predicted octanol–water partition coefficient (Wildman–Crippen LogP) is 4.74. The summed E-state index contributed by atoms with van der Waals surface area (Å²) in [6.07, 6.45) is 0.201. The monoisotopic (exact) mass is 308 g/mol. The average Bonchev–Trinajstić information content (AvgIpc) is 2.38. The summed E-state index contributed by atoms with van der Waals surface area (Å²) >= 11 is 12.1. The lowest BCUT2D eigenvalue weighted by Crippen LogP contribution is -2.06. The number of ketones is 1. The number of hydrogen-bond donors (Lipinski definition) is 0. The van der Waals surface area contributed by atoms with E-state index in [9.17, 15) is 4.79 Å². The first kappa shape index (κ1) is 14.9. The van der Waals surface area contributed by atoms with Gasteiger partial charge in [0.15, 0.2) is 5.78 Å². The first-order valence-electron chi connectivity index (χ1n) is 6.13. The highest BCUT2D eigenvalue weighted by Gasteiger charge is 2.14. The second kappa shape index (κ2) is 6.29. The van der Waals surface area contributed by atoms with E-state index in [4.69, 9.17) is 27.9 Å². The molecular weight excluding hydrogens is 295 g/mol. The van der Waals surface area contributed by atoms with Crippen molar-refractivity contribution in [1.29, 1.82) is 0 Å². The van der Waals surface area contributed by atoms with Crippen LogP contribution in [0.5, 0.6) is 5.75 Å². The number of benzene rings is 2. The molecule has 0 saturated carbocycles. The van der Waals surface area contributed by atoms with E-state index in [0.717, 1.165) is 11.1 Å². The maximum Gasteiger partial charge on any atom is 0.168 e. The largest absolute Gasteiger partial charge is 0.496 e. The van der Waals surface area contributed by atoms with Crippen molar-refractivity contribution in [3.63, 3.8) is 0 Å². The third-order valence-corrected chi connectivity index (χ3v) is 3.57. The van der Waals surface area contributed by atoms with Crippen LogP contribution < -0.4 is 4.74 Å². The molecule has 0 aliphatic carbocycles. The fraction of sp³-hybridized carbons (Fsp3) is 0.188. The minimum absolute atomic E-state index is 0.0597. The summed E-state index contributed by atoms with van der Waals surface area (Å²) in [5.74, 6) is 0.585. The molecule has 2 nitrogen and oxygen atoms in total. The maximum absolute atomic E-state index is 12.3. The molecule has 0 amide bonds. The van der Waals surface area contributed by atoms with Crippen molar-refractivity contribution in [1.82, 2.24) is 0 Å². The van der Waals surface area contributed by atoms with Gasteiger partial charge in [0.1, 0.15) is 5.75 Å². The number of halogens is 2. The van der Waals surface area contributed by atoms with E-state index >= 15 is 0 Å². The van der Waals surface area contributed by atoms with Gasteiger partial charge < -0.3 is 4.74 Å². The van der Waals surface area contributed by atoms with Gasteiger partial charge in [-0.05, 0) is 42.8 Å². The van der Waals surface area contributed by atoms with Gasteiger partial charge >= 0.3 is 0 Å². The smallest absolute Gasteiger partial charge is 0.168 e. The number of carbonyl (C=O) groups excluding carboxylic acids is 1. The molecule has 0 unspecified atom stereocenters. The molecule has 0 aliphatic rings. The van der Waals surface area contributed by atoms with E-state index in [2.05, 4.69) is 0 Å². The molecule has 0 N–H and O–H groups in total. The Morgan fingerprint density at radius 1 is 1.15 bits per heavy atom. The van der Waals surface area contributed by atoms with Crippen LogP contribution in [0.1, 0.15) is 21.5 Å². The summed E-state index contributed by atoms with van der Waals surface area (Å²) < 4.78 is 5.24. The van der Waals surface area contributed by atoms with Gasteiger partial charge in [0.05, 0.1) is 12.1 Å². The second-order valence-corrected chi connectivity index (χ2v) is 5.38. The highest BCUT2D eigenvalue weighted by atomic mass is 35.5. The van der Waals surface area contributed by atoms with Gasteiger partial charge in [-0.3, -0.25) is 4.79 Å². The van der Waals surface area contributed by atoms with Crippen LogP contribution in [0.3, 0.4) is 0 Å². The molecule has 20 heavy (non-hydrogen) atoms. The summed E-state index contributed by atoms with van der Waals surface area (Å²) in [4.78, 5) is 12.3. The molecule has 0 saturated heterocycles. The minimum Gasteiger partial charge on any atom is -0.496 e. The molecule has 2 rings (SSSR count). The van der Waals surface area contributed by atoms with Crippen LogP contribution in [-0.4, -0.2) is 12.9 Å². The van der Waals surface area contributed by atoms with Crippen molar-refractivity contribution in [3.8, 4) is 5.75 Å². The lowest BCUT2D eigenvalue weighted by molar-refractivity contribution is 0.0992. The van der Waals surface area contributed by atoms with Crippen molar-refractivity contribution in [2.45, 2.75) is 13.3 Å². The van der Waals surface area contributed by atoms with Gasteiger partial charge in [-0.2, -0.15) is 0 Å². The zero-order valence-electron chi connectivity index (χ0n) is 11.2. The number of methoxy groups -OCH3 is 1. The van der Waals surface area contributed by atoms with Gasteiger partial charge in [0.25, 0.3) is 0 Å². The topological polar surface area (TPSA) is 26.3 Å². The molecule has 2 aromatic rings. The van der Waals surface area contributed by atoms with E-state index in [1.165, 1.54) is 0 Å². The Morgan fingerprint density at radius 3 is 2.55 bits per heavy atom. The standard InChI is InChI=1S/C16H14Cl2O2/c1-10-3-5-13(14(18)7-10)15(19)9-11-8-12(17)4-6-16(11)20-2/h3-8H,9H2,1-2H3. The van der Waals surface area contributed by atoms with Crippen LogP contribution in [0.4, 0.5) is 0 Å². The van der Waals surface area contributed by atoms with Gasteiger partial charge in [0.2, 0.25) is 0 Å². The Kier molecular flexibility index (Phi) is 4.69. The minimum atomic E-state index is -0.0597. The molecule has 0 bridgehead atoms. The van der Waals surface area contributed by atoms with Crippen molar-refractivity contribution in [2.24, 2.45) is 0 Å². The van der Waals surface area contributed by atoms with Crippen molar-refractivity contribution < 1.29 is 9.53 Å². The van der Waals surface area contributed by atoms with E-state index in [-0.39, 0.29) is 12.2 Å². The zero-order chi connectivity index (χ0) is 14.7. The van der Waals surface area contributed by atoms with Crippen molar-refractivity contribution in [2.75, 3.05) is 7.11 Å². The van der Waals surface area contributed by atoms with Crippen molar-refractivity contribution >= 4 is 29.0 Å². The Balaban J connectivity index is 2.30. The molecule has 4 heteroatoms. The van der Waals surface area contributed by atoms with Gasteiger partial charge in [-0.25, -0.2) is 0 Å². The Bertz CT molecular complexity index is 651. The molecule has 0 heterocycles. The SMILES string of the molecule is COc1ccc(Cl)cc1CC(=O)c1ccc(C)cc1Cl. The Hall–Kier alpha value is -1.51. The summed E-state index contributed by atoms with van der Waals surface area (Å²) in [6.45, 7) is 1.93. The normalized spacial score (nSPS) is 10.4. The maximum atomic E-state index is 12.3. The van der Waals surface area contributed by atoms with Gasteiger partial charge in [-0.15, -0.1) is 0 Å². The highest BCUT2D eigenvalue weighted by molar-refractivity contribution is 6.34. The lowest BCUT2D eigenvalue weighted by Gasteiger charge is -2.09. The average molecular weight is 309 g/mol. The zero-order valence-corrected chi connectivity index (χ0v) is 12.8. The van der Waals surface area contributed by atoms with Crippen molar-refractivity contribution in [3.05, 3.63) is 63.1 Å². The van der Waals surface area contributed by atoms with Gasteiger partial charge in [0, 0.05) is 22.6 Å². The molecule has 0 aromatic heterocycles. The molecule has 0 aliphatic heterocycles. The van der Waals surface area contributed by atoms with E-state index in [1.54, 1.807) is 37.4 Å². The number of ether oxygens (including phenoxy) is 1. The summed E-state index contributed by atoms with van der Waals surface area (Å²) in [5.41, 5.74) is 2.29. The first-order chi connectivity index (χ1) is 9.51. The quantitative estimate of drug-likeness (QED) is 0.763. The van der Waals surface area contributed by atoms with Crippen LogP contribution in [0.15, 0.2) is 36.4 Å². The molecular formula is C16H14Cl2O2. The third-order valence-electron chi connectivity index (χ3n) is 3.02. The second-order valence-electron chi connectivity index (χ2n) is 4.54. The Morgan fingerprint density at radius 2 is 1.90 bits per heavy atom. The molecule has 104 valence electrons. The van der Waals surface area contributed by atoms with Crippen LogP contribution in [0.2, 0.25) is 10.0 Å². The van der Waals surface area contributed by atoms with Crippen LogP contribution >= 0.6 is 23.2 Å². The van der Waals surface area contributed by atoms with E-state index in [1.807, 2.05) is 13.0 Å². The van der Waals surface area contributed by atoms with Crippen LogP contribution in [-0.2, 0) is 6.42 Å². The Labute approximate surface area is 128 Å². The summed E-state index contributed by atoms with van der Waals surface area (Å²) in [7, 11) is 1.57. The van der Waals surface area contributed by atoms with E-state index < -0.39 is 0 Å². The number of aryl methyl sites for hydroxylation is 1. The lowest BCUT2D eigenvalue weighted by atomic mass is 10.0. The third kappa shape index (κ3) is 3.33. The number of hydrogen-bond acceptors (Lipinski definition) is 2. The molecule has 0 radical (unpaired) electrons. The number of carbonyl (C=O) groups is 1. The van der Waals surface area contributed by atoms with Crippen LogP contribution in [0, 0.1) is 6.92 Å². The molecule has 0 fully saturated rings. The molecule has 2 aromatic carbocycles. The van der Waals surface area contributed by atoms with E-state index in [0.29, 0.717) is 21.4 Å². The predicted molar refractivity (Wildman–Crippen MR) is 82.2 cm³/mol. The number of Topliss-reactive ketones (excluding diaryl/α,β-unsaturated/α-hetero) is 1. The molecule has 0 spiro atoms. The highest BCUT2D eigenvalue weighted by Crippen LogP contribution is 2.26. The molecule has 0 atom stereocenters. The fourth-order valence-corrected chi connectivity index (χ4v) is 2.53. The first-order valence-corrected chi connectivity index (χ1v) is 6.88.